The van der Waals surface area contributed by atoms with Crippen molar-refractivity contribution in [2.45, 2.75) is 6.92 Å². The number of rotatable bonds is 2. The smallest absolute Gasteiger partial charge is 0.0945 e. The van der Waals surface area contributed by atoms with Crippen molar-refractivity contribution < 1.29 is 0 Å². The monoisotopic (exact) mass is 156 g/mol. The van der Waals surface area contributed by atoms with E-state index in [-0.39, 0.29) is 0 Å². The van der Waals surface area contributed by atoms with Gasteiger partial charge in [-0.25, -0.2) is 0 Å². The molecule has 0 aliphatic heterocycles. The first kappa shape index (κ1) is 7.57. The quantitative estimate of drug-likeness (QED) is 0.656. The maximum absolute atomic E-state index is 5.46. The zero-order chi connectivity index (χ0) is 7.56. The molecule has 2 nitrogen and oxygen atoms in total. The predicted octanol–water partition coefficient (Wildman–Crippen LogP) is 1.41. The summed E-state index contributed by atoms with van der Waals surface area (Å²) in [5.74, 6) is 0. The average Bonchev–Trinajstić information content (AvgIpc) is 2.34. The van der Waals surface area contributed by atoms with E-state index >= 15 is 0 Å². The topological polar surface area (TPSA) is 29.3 Å². The lowest BCUT2D eigenvalue weighted by Gasteiger charge is -2.14. The molecule has 0 saturated carbocycles. The van der Waals surface area contributed by atoms with Gasteiger partial charge in [0.2, 0.25) is 0 Å². The first-order valence-corrected chi connectivity index (χ1v) is 4.09. The fourth-order valence-corrected chi connectivity index (χ4v) is 1.75. The maximum Gasteiger partial charge on any atom is 0.0945 e. The number of anilines is 1. The Labute approximate surface area is 65.3 Å². The average molecular weight is 156 g/mol. The van der Waals surface area contributed by atoms with E-state index in [1.54, 1.807) is 11.3 Å². The van der Waals surface area contributed by atoms with Crippen molar-refractivity contribution in [2.75, 3.05) is 18.6 Å². The van der Waals surface area contributed by atoms with Crippen molar-refractivity contribution in [2.24, 2.45) is 5.73 Å². The molecule has 1 aromatic heterocycles. The minimum Gasteiger partial charge on any atom is -0.354 e. The number of thiophene rings is 1. The molecular formula is C7H12N2S. The summed E-state index contributed by atoms with van der Waals surface area (Å²) in [6, 6.07) is 2.10. The zero-order valence-electron chi connectivity index (χ0n) is 6.29. The SMILES string of the molecule is Cc1ccsc1N(C)CN. The normalized spacial score (nSPS) is 9.90. The molecule has 1 rings (SSSR count). The van der Waals surface area contributed by atoms with Gasteiger partial charge in [-0.3, -0.25) is 0 Å². The minimum absolute atomic E-state index is 0.585. The van der Waals surface area contributed by atoms with Crippen LogP contribution in [0.2, 0.25) is 0 Å². The molecule has 0 fully saturated rings. The van der Waals surface area contributed by atoms with Gasteiger partial charge in [0.25, 0.3) is 0 Å². The molecule has 0 saturated heterocycles. The van der Waals surface area contributed by atoms with Gasteiger partial charge in [-0.15, -0.1) is 11.3 Å². The lowest BCUT2D eigenvalue weighted by Crippen LogP contribution is -2.24. The summed E-state index contributed by atoms with van der Waals surface area (Å²) in [4.78, 5) is 2.04. The molecule has 0 bridgehead atoms. The Kier molecular flexibility index (Phi) is 2.29. The van der Waals surface area contributed by atoms with Crippen LogP contribution in [0, 0.1) is 6.92 Å². The van der Waals surface area contributed by atoms with Crippen LogP contribution in [-0.2, 0) is 0 Å². The van der Waals surface area contributed by atoms with Crippen molar-refractivity contribution in [1.29, 1.82) is 0 Å². The molecule has 0 aliphatic carbocycles. The van der Waals surface area contributed by atoms with Crippen LogP contribution in [0.3, 0.4) is 0 Å². The van der Waals surface area contributed by atoms with Gasteiger partial charge < -0.3 is 10.6 Å². The van der Waals surface area contributed by atoms with Crippen LogP contribution in [0.25, 0.3) is 0 Å². The molecule has 0 unspecified atom stereocenters. The van der Waals surface area contributed by atoms with Crippen LogP contribution in [0.5, 0.6) is 0 Å². The molecule has 0 aromatic carbocycles. The summed E-state index contributed by atoms with van der Waals surface area (Å²) in [5.41, 5.74) is 6.77. The van der Waals surface area contributed by atoms with Gasteiger partial charge in [0.15, 0.2) is 0 Å². The van der Waals surface area contributed by atoms with Crippen molar-refractivity contribution in [3.63, 3.8) is 0 Å². The van der Waals surface area contributed by atoms with Gasteiger partial charge in [0.1, 0.15) is 0 Å². The standard InChI is InChI=1S/C7H12N2S/c1-6-3-4-10-7(6)9(2)5-8/h3-4H,5,8H2,1-2H3. The second-order valence-corrected chi connectivity index (χ2v) is 3.18. The third-order valence-corrected chi connectivity index (χ3v) is 2.58. The molecule has 2 N–H and O–H groups in total. The Bertz CT molecular complexity index is 207. The van der Waals surface area contributed by atoms with E-state index in [1.165, 1.54) is 10.6 Å². The zero-order valence-corrected chi connectivity index (χ0v) is 7.11. The highest BCUT2D eigenvalue weighted by atomic mass is 32.1. The minimum atomic E-state index is 0.585. The summed E-state index contributed by atoms with van der Waals surface area (Å²) in [5, 5.41) is 3.35. The molecule has 0 aliphatic rings. The second kappa shape index (κ2) is 3.03. The van der Waals surface area contributed by atoms with E-state index in [9.17, 15) is 0 Å². The summed E-state index contributed by atoms with van der Waals surface area (Å²) in [6.07, 6.45) is 0. The van der Waals surface area contributed by atoms with Crippen molar-refractivity contribution in [3.8, 4) is 0 Å². The Morgan fingerprint density at radius 3 is 2.80 bits per heavy atom. The van der Waals surface area contributed by atoms with E-state index in [0.717, 1.165) is 0 Å². The number of hydrogen-bond donors (Lipinski definition) is 1. The van der Waals surface area contributed by atoms with Crippen molar-refractivity contribution in [3.05, 3.63) is 17.0 Å². The fraction of sp³-hybridized carbons (Fsp3) is 0.429. The van der Waals surface area contributed by atoms with Crippen molar-refractivity contribution >= 4 is 16.3 Å². The molecule has 56 valence electrons. The summed E-state index contributed by atoms with van der Waals surface area (Å²) in [7, 11) is 2.00. The molecule has 10 heavy (non-hydrogen) atoms. The molecular weight excluding hydrogens is 144 g/mol. The highest BCUT2D eigenvalue weighted by molar-refractivity contribution is 7.14. The van der Waals surface area contributed by atoms with Crippen LogP contribution in [0.4, 0.5) is 5.00 Å². The highest BCUT2D eigenvalue weighted by Gasteiger charge is 2.01. The highest BCUT2D eigenvalue weighted by Crippen LogP contribution is 2.24. The Morgan fingerprint density at radius 1 is 1.70 bits per heavy atom. The number of nitrogens with two attached hydrogens (primary N) is 1. The lowest BCUT2D eigenvalue weighted by atomic mass is 10.3. The third-order valence-electron chi connectivity index (χ3n) is 1.46. The molecule has 0 radical (unpaired) electrons. The van der Waals surface area contributed by atoms with Crippen LogP contribution in [-0.4, -0.2) is 13.7 Å². The van der Waals surface area contributed by atoms with Gasteiger partial charge in [-0.2, -0.15) is 0 Å². The van der Waals surface area contributed by atoms with E-state index in [0.29, 0.717) is 6.67 Å². The maximum atomic E-state index is 5.46. The van der Waals surface area contributed by atoms with Crippen LogP contribution < -0.4 is 10.6 Å². The summed E-state index contributed by atoms with van der Waals surface area (Å²) in [6.45, 7) is 2.68. The van der Waals surface area contributed by atoms with Gasteiger partial charge in [-0.1, -0.05) is 0 Å². The summed E-state index contributed by atoms with van der Waals surface area (Å²) < 4.78 is 0. The Balaban J connectivity index is 2.82. The van der Waals surface area contributed by atoms with Crippen LogP contribution in [0.1, 0.15) is 5.56 Å². The molecule has 1 aromatic rings. The number of nitrogens with zero attached hydrogens (tertiary/aromatic N) is 1. The van der Waals surface area contributed by atoms with E-state index < -0.39 is 0 Å². The lowest BCUT2D eigenvalue weighted by molar-refractivity contribution is 0.940. The second-order valence-electron chi connectivity index (χ2n) is 2.29. The van der Waals surface area contributed by atoms with Gasteiger partial charge >= 0.3 is 0 Å². The summed E-state index contributed by atoms with van der Waals surface area (Å²) >= 11 is 1.73. The van der Waals surface area contributed by atoms with Gasteiger partial charge in [0, 0.05) is 7.05 Å². The molecule has 1 heterocycles. The number of hydrogen-bond acceptors (Lipinski definition) is 3. The molecule has 0 amide bonds. The molecule has 0 spiro atoms. The number of aryl methyl sites for hydroxylation is 1. The molecule has 0 atom stereocenters. The van der Waals surface area contributed by atoms with Gasteiger partial charge in [0.05, 0.1) is 11.7 Å². The Hall–Kier alpha value is -0.540. The van der Waals surface area contributed by atoms with E-state index in [2.05, 4.69) is 18.4 Å². The fourth-order valence-electron chi connectivity index (χ4n) is 0.839. The van der Waals surface area contributed by atoms with Crippen LogP contribution >= 0.6 is 11.3 Å². The van der Waals surface area contributed by atoms with Crippen molar-refractivity contribution in [1.82, 2.24) is 0 Å². The van der Waals surface area contributed by atoms with Gasteiger partial charge in [-0.05, 0) is 23.9 Å². The van der Waals surface area contributed by atoms with Crippen LogP contribution in [0.15, 0.2) is 11.4 Å². The third kappa shape index (κ3) is 1.30. The van der Waals surface area contributed by atoms with E-state index in [4.69, 9.17) is 5.73 Å². The largest absolute Gasteiger partial charge is 0.354 e. The van der Waals surface area contributed by atoms with E-state index in [1.807, 2.05) is 11.9 Å². The first-order valence-electron chi connectivity index (χ1n) is 3.21. The predicted molar refractivity (Wildman–Crippen MR) is 46.5 cm³/mol. The first-order chi connectivity index (χ1) is 4.75. The molecule has 3 heteroatoms. The Morgan fingerprint density at radius 2 is 2.40 bits per heavy atom.